The summed E-state index contributed by atoms with van der Waals surface area (Å²) in [5.74, 6) is -2.14. The lowest BCUT2D eigenvalue weighted by atomic mass is 9.70. The molecule has 2 rings (SSSR count). The minimum absolute atomic E-state index is 0.0403. The number of carbonyl (C=O) groups is 3. The van der Waals surface area contributed by atoms with Crippen LogP contribution in [0.25, 0.3) is 0 Å². The van der Waals surface area contributed by atoms with Crippen LogP contribution in [0.3, 0.4) is 0 Å². The van der Waals surface area contributed by atoms with E-state index < -0.39 is 23.3 Å². The molecular weight excluding hydrogens is 284 g/mol. The molecule has 1 aliphatic carbocycles. The van der Waals surface area contributed by atoms with Crippen molar-refractivity contribution in [3.8, 4) is 0 Å². The Bertz CT molecular complexity index is 616. The van der Waals surface area contributed by atoms with Crippen LogP contribution in [-0.4, -0.2) is 31.9 Å². The lowest BCUT2D eigenvalue weighted by molar-refractivity contribution is -0.170. The molecule has 1 unspecified atom stereocenters. The van der Waals surface area contributed by atoms with E-state index in [0.717, 1.165) is 0 Å². The number of methoxy groups -OCH3 is 2. The highest BCUT2D eigenvalue weighted by Gasteiger charge is 2.57. The highest BCUT2D eigenvalue weighted by Crippen LogP contribution is 2.49. The molecule has 0 spiro atoms. The SMILES string of the molecule is C=CCC(C(=O)OC)(C(=O)OC)C1CC(=O)c2ccccc21. The number of ketones is 1. The van der Waals surface area contributed by atoms with Gasteiger partial charge in [0.15, 0.2) is 11.2 Å². The maximum atomic E-state index is 12.4. The van der Waals surface area contributed by atoms with E-state index in [4.69, 9.17) is 9.47 Å². The van der Waals surface area contributed by atoms with E-state index in [1.54, 1.807) is 24.3 Å². The molecule has 0 radical (unpaired) electrons. The minimum Gasteiger partial charge on any atom is -0.468 e. The van der Waals surface area contributed by atoms with Gasteiger partial charge in [-0.3, -0.25) is 14.4 Å². The predicted octanol–water partition coefficient (Wildman–Crippen LogP) is 2.27. The third-order valence-corrected chi connectivity index (χ3v) is 4.19. The second-order valence-corrected chi connectivity index (χ2v) is 5.21. The fourth-order valence-corrected chi connectivity index (χ4v) is 3.17. The molecule has 0 aliphatic heterocycles. The molecule has 0 fully saturated rings. The maximum Gasteiger partial charge on any atom is 0.324 e. The van der Waals surface area contributed by atoms with E-state index >= 15 is 0 Å². The van der Waals surface area contributed by atoms with Crippen molar-refractivity contribution in [2.24, 2.45) is 5.41 Å². The first kappa shape index (κ1) is 15.9. The number of hydrogen-bond donors (Lipinski definition) is 0. The summed E-state index contributed by atoms with van der Waals surface area (Å²) in [6, 6.07) is 6.99. The van der Waals surface area contributed by atoms with Gasteiger partial charge in [0.2, 0.25) is 0 Å². The van der Waals surface area contributed by atoms with Gasteiger partial charge in [-0.2, -0.15) is 0 Å². The molecule has 116 valence electrons. The number of Topliss-reactive ketones (excluding diaryl/α,β-unsaturated/α-hetero) is 1. The first-order valence-corrected chi connectivity index (χ1v) is 6.92. The second-order valence-electron chi connectivity index (χ2n) is 5.21. The van der Waals surface area contributed by atoms with Crippen molar-refractivity contribution in [3.05, 3.63) is 48.0 Å². The average molecular weight is 302 g/mol. The number of esters is 2. The summed E-state index contributed by atoms with van der Waals surface area (Å²) in [5.41, 5.74) is -0.382. The largest absolute Gasteiger partial charge is 0.468 e. The number of carbonyl (C=O) groups excluding carboxylic acids is 3. The van der Waals surface area contributed by atoms with Crippen LogP contribution in [0, 0.1) is 5.41 Å². The van der Waals surface area contributed by atoms with Gasteiger partial charge in [-0.25, -0.2) is 0 Å². The van der Waals surface area contributed by atoms with Crippen LogP contribution in [-0.2, 0) is 19.1 Å². The van der Waals surface area contributed by atoms with Crippen LogP contribution < -0.4 is 0 Å². The van der Waals surface area contributed by atoms with Crippen LogP contribution in [0.1, 0.15) is 34.7 Å². The lowest BCUT2D eigenvalue weighted by Gasteiger charge is -2.32. The first-order chi connectivity index (χ1) is 10.5. The van der Waals surface area contributed by atoms with E-state index in [1.807, 2.05) is 0 Å². The Hall–Kier alpha value is -2.43. The van der Waals surface area contributed by atoms with Crippen molar-refractivity contribution >= 4 is 17.7 Å². The van der Waals surface area contributed by atoms with Gasteiger partial charge in [-0.15, -0.1) is 6.58 Å². The number of rotatable bonds is 5. The average Bonchev–Trinajstić information content (AvgIpc) is 2.89. The molecule has 1 atom stereocenters. The molecule has 0 N–H and O–H groups in total. The zero-order chi connectivity index (χ0) is 16.3. The minimum atomic E-state index is -1.59. The summed E-state index contributed by atoms with van der Waals surface area (Å²) in [4.78, 5) is 37.1. The van der Waals surface area contributed by atoms with Crippen LogP contribution in [0.2, 0.25) is 0 Å². The van der Waals surface area contributed by atoms with Crippen molar-refractivity contribution in [1.82, 2.24) is 0 Å². The number of fused-ring (bicyclic) bond motifs is 1. The zero-order valence-corrected chi connectivity index (χ0v) is 12.6. The third kappa shape index (κ3) is 2.22. The molecule has 1 aromatic rings. The fraction of sp³-hybridized carbons (Fsp3) is 0.353. The van der Waals surface area contributed by atoms with Crippen molar-refractivity contribution in [2.75, 3.05) is 14.2 Å². The van der Waals surface area contributed by atoms with E-state index in [9.17, 15) is 14.4 Å². The van der Waals surface area contributed by atoms with E-state index in [2.05, 4.69) is 6.58 Å². The Morgan fingerprint density at radius 1 is 1.27 bits per heavy atom. The summed E-state index contributed by atoms with van der Waals surface area (Å²) in [6.07, 6.45) is 1.58. The molecular formula is C17H18O5. The number of allylic oxidation sites excluding steroid dienone is 1. The summed E-state index contributed by atoms with van der Waals surface area (Å²) >= 11 is 0. The summed E-state index contributed by atoms with van der Waals surface area (Å²) in [7, 11) is 2.43. The molecule has 1 aromatic carbocycles. The van der Waals surface area contributed by atoms with Crippen molar-refractivity contribution in [1.29, 1.82) is 0 Å². The smallest absolute Gasteiger partial charge is 0.324 e. The highest BCUT2D eigenvalue weighted by molar-refractivity contribution is 6.07. The van der Waals surface area contributed by atoms with Gasteiger partial charge >= 0.3 is 11.9 Å². The first-order valence-electron chi connectivity index (χ1n) is 6.92. The van der Waals surface area contributed by atoms with Gasteiger partial charge in [-0.05, 0) is 12.0 Å². The van der Waals surface area contributed by atoms with E-state index in [1.165, 1.54) is 20.3 Å². The van der Waals surface area contributed by atoms with Crippen molar-refractivity contribution in [2.45, 2.75) is 18.8 Å². The molecule has 0 saturated carbocycles. The fourth-order valence-electron chi connectivity index (χ4n) is 3.17. The van der Waals surface area contributed by atoms with Gasteiger partial charge in [0.05, 0.1) is 14.2 Å². The predicted molar refractivity (Wildman–Crippen MR) is 79.4 cm³/mol. The normalized spacial score (nSPS) is 16.8. The van der Waals surface area contributed by atoms with Gasteiger partial charge in [-0.1, -0.05) is 30.3 Å². The Morgan fingerprint density at radius 2 is 1.86 bits per heavy atom. The molecule has 0 heterocycles. The molecule has 1 aliphatic rings. The Kier molecular flexibility index (Phi) is 4.45. The molecule has 5 nitrogen and oxygen atoms in total. The third-order valence-electron chi connectivity index (χ3n) is 4.19. The van der Waals surface area contributed by atoms with E-state index in [-0.39, 0.29) is 18.6 Å². The molecule has 0 saturated heterocycles. The van der Waals surface area contributed by atoms with Crippen molar-refractivity contribution < 1.29 is 23.9 Å². The molecule has 0 bridgehead atoms. The van der Waals surface area contributed by atoms with Crippen LogP contribution >= 0.6 is 0 Å². The maximum absolute atomic E-state index is 12.4. The molecule has 5 heteroatoms. The van der Waals surface area contributed by atoms with Gasteiger partial charge in [0.1, 0.15) is 0 Å². The monoisotopic (exact) mass is 302 g/mol. The Balaban J connectivity index is 2.64. The highest BCUT2D eigenvalue weighted by atomic mass is 16.5. The lowest BCUT2D eigenvalue weighted by Crippen LogP contribution is -2.45. The van der Waals surface area contributed by atoms with E-state index in [0.29, 0.717) is 11.1 Å². The molecule has 0 amide bonds. The van der Waals surface area contributed by atoms with Gasteiger partial charge < -0.3 is 9.47 Å². The molecule has 0 aromatic heterocycles. The quantitative estimate of drug-likeness (QED) is 0.474. The van der Waals surface area contributed by atoms with Crippen molar-refractivity contribution in [3.63, 3.8) is 0 Å². The number of hydrogen-bond acceptors (Lipinski definition) is 5. The number of ether oxygens (including phenoxy) is 2. The van der Waals surface area contributed by atoms with Crippen LogP contribution in [0.15, 0.2) is 36.9 Å². The zero-order valence-electron chi connectivity index (χ0n) is 12.6. The van der Waals surface area contributed by atoms with Gasteiger partial charge in [0.25, 0.3) is 0 Å². The van der Waals surface area contributed by atoms with Crippen LogP contribution in [0.5, 0.6) is 0 Å². The van der Waals surface area contributed by atoms with Gasteiger partial charge in [0, 0.05) is 17.9 Å². The summed E-state index contributed by atoms with van der Waals surface area (Å²) < 4.78 is 9.71. The molecule has 22 heavy (non-hydrogen) atoms. The Labute approximate surface area is 128 Å². The second kappa shape index (κ2) is 6.13. The Morgan fingerprint density at radius 3 is 2.41 bits per heavy atom. The topological polar surface area (TPSA) is 69.7 Å². The standard InChI is InChI=1S/C17H18O5/c1-4-9-17(15(19)21-2,16(20)22-3)13-10-14(18)12-8-6-5-7-11(12)13/h4-8,13H,1,9-10H2,2-3H3. The van der Waals surface area contributed by atoms with Crippen LogP contribution in [0.4, 0.5) is 0 Å². The summed E-state index contributed by atoms with van der Waals surface area (Å²) in [5, 5.41) is 0. The number of benzene rings is 1. The summed E-state index contributed by atoms with van der Waals surface area (Å²) in [6.45, 7) is 3.62.